The summed E-state index contributed by atoms with van der Waals surface area (Å²) in [6.07, 6.45) is 3.54. The van der Waals surface area contributed by atoms with E-state index >= 15 is 0 Å². The van der Waals surface area contributed by atoms with Crippen LogP contribution in [0, 0.1) is 0 Å². The van der Waals surface area contributed by atoms with Crippen LogP contribution >= 0.6 is 22.6 Å². The molecule has 0 saturated heterocycles. The first kappa shape index (κ1) is 17.5. The number of hydrogen-bond donors (Lipinski definition) is 0. The van der Waals surface area contributed by atoms with E-state index in [-0.39, 0.29) is 0 Å². The van der Waals surface area contributed by atoms with Crippen LogP contribution in [0.25, 0.3) is 0 Å². The second-order valence-electron chi connectivity index (χ2n) is 5.85. The SMILES string of the molecule is IC1=COC(COCc2ccccc2)(OCc2ccccc2)CC1. The zero-order valence-corrected chi connectivity index (χ0v) is 15.6. The molecule has 1 heterocycles. The lowest BCUT2D eigenvalue weighted by atomic mass is 10.1. The highest BCUT2D eigenvalue weighted by Gasteiger charge is 2.35. The molecule has 1 aliphatic rings. The van der Waals surface area contributed by atoms with Gasteiger partial charge in [-0.15, -0.1) is 0 Å². The molecule has 0 N–H and O–H groups in total. The molecule has 1 atom stereocenters. The number of hydrogen-bond acceptors (Lipinski definition) is 3. The molecule has 3 nitrogen and oxygen atoms in total. The summed E-state index contributed by atoms with van der Waals surface area (Å²) in [5.74, 6) is -0.709. The topological polar surface area (TPSA) is 27.7 Å². The molecule has 0 aliphatic carbocycles. The van der Waals surface area contributed by atoms with Crippen molar-refractivity contribution < 1.29 is 14.2 Å². The molecular weight excluding hydrogens is 415 g/mol. The molecule has 126 valence electrons. The first-order valence-electron chi connectivity index (χ1n) is 8.08. The predicted molar refractivity (Wildman–Crippen MR) is 102 cm³/mol. The lowest BCUT2D eigenvalue weighted by molar-refractivity contribution is -0.251. The van der Waals surface area contributed by atoms with Gasteiger partial charge >= 0.3 is 0 Å². The molecule has 24 heavy (non-hydrogen) atoms. The minimum Gasteiger partial charge on any atom is -0.467 e. The average Bonchev–Trinajstić information content (AvgIpc) is 2.64. The maximum absolute atomic E-state index is 6.15. The highest BCUT2D eigenvalue weighted by Crippen LogP contribution is 2.32. The lowest BCUT2D eigenvalue weighted by Gasteiger charge is -2.35. The summed E-state index contributed by atoms with van der Waals surface area (Å²) >= 11 is 2.30. The molecule has 4 heteroatoms. The summed E-state index contributed by atoms with van der Waals surface area (Å²) in [5, 5.41) is 0. The summed E-state index contributed by atoms with van der Waals surface area (Å²) in [4.78, 5) is 0. The molecular formula is C20H21IO3. The highest BCUT2D eigenvalue weighted by atomic mass is 127. The third kappa shape index (κ3) is 5.06. The van der Waals surface area contributed by atoms with Gasteiger partial charge in [-0.25, -0.2) is 0 Å². The number of allylic oxidation sites excluding steroid dienone is 1. The molecule has 2 aromatic rings. The molecule has 0 saturated carbocycles. The fraction of sp³-hybridized carbons (Fsp3) is 0.300. The lowest BCUT2D eigenvalue weighted by Crippen LogP contribution is -2.41. The van der Waals surface area contributed by atoms with Crippen LogP contribution in [0.15, 0.2) is 70.5 Å². The zero-order chi connectivity index (χ0) is 16.7. The second kappa shape index (κ2) is 8.65. The van der Waals surface area contributed by atoms with Crippen LogP contribution in [-0.2, 0) is 27.4 Å². The Morgan fingerprint density at radius 1 is 0.917 bits per heavy atom. The molecule has 1 aliphatic heterocycles. The van der Waals surface area contributed by atoms with Crippen LogP contribution in [-0.4, -0.2) is 12.4 Å². The van der Waals surface area contributed by atoms with Crippen LogP contribution in [0.3, 0.4) is 0 Å². The van der Waals surface area contributed by atoms with Crippen LogP contribution in [0.4, 0.5) is 0 Å². The molecule has 0 aromatic heterocycles. The van der Waals surface area contributed by atoms with Crippen molar-refractivity contribution in [2.45, 2.75) is 31.8 Å². The number of ether oxygens (including phenoxy) is 3. The summed E-state index contributed by atoms with van der Waals surface area (Å²) in [6.45, 7) is 1.48. The molecule has 0 fully saturated rings. The normalized spacial score (nSPS) is 20.3. The fourth-order valence-electron chi connectivity index (χ4n) is 2.54. The summed E-state index contributed by atoms with van der Waals surface area (Å²) in [5.41, 5.74) is 2.28. The van der Waals surface area contributed by atoms with Crippen molar-refractivity contribution in [1.82, 2.24) is 0 Å². The van der Waals surface area contributed by atoms with E-state index in [2.05, 4.69) is 46.9 Å². The van der Waals surface area contributed by atoms with Gasteiger partial charge in [-0.2, -0.15) is 0 Å². The Labute approximate surface area is 156 Å². The van der Waals surface area contributed by atoms with Crippen molar-refractivity contribution in [3.05, 3.63) is 81.6 Å². The van der Waals surface area contributed by atoms with Crippen LogP contribution in [0.1, 0.15) is 24.0 Å². The van der Waals surface area contributed by atoms with E-state index in [0.717, 1.165) is 24.0 Å². The van der Waals surface area contributed by atoms with Crippen molar-refractivity contribution in [1.29, 1.82) is 0 Å². The number of rotatable bonds is 7. The minimum atomic E-state index is -0.709. The quantitative estimate of drug-likeness (QED) is 0.559. The minimum absolute atomic E-state index is 0.412. The van der Waals surface area contributed by atoms with Gasteiger partial charge < -0.3 is 14.2 Å². The Balaban J connectivity index is 1.60. The first-order valence-corrected chi connectivity index (χ1v) is 9.16. The standard InChI is InChI=1S/C20H21IO3/c21-19-11-12-20(24-15-19,23-14-18-9-5-2-6-10-18)16-22-13-17-7-3-1-4-8-17/h1-10,15H,11-14,16H2. The van der Waals surface area contributed by atoms with Crippen molar-refractivity contribution in [2.75, 3.05) is 6.61 Å². The van der Waals surface area contributed by atoms with Crippen LogP contribution in [0.5, 0.6) is 0 Å². The largest absolute Gasteiger partial charge is 0.467 e. The van der Waals surface area contributed by atoms with Gasteiger partial charge in [-0.1, -0.05) is 60.7 Å². The zero-order valence-electron chi connectivity index (χ0n) is 13.5. The van der Waals surface area contributed by atoms with Crippen molar-refractivity contribution in [3.63, 3.8) is 0 Å². The third-order valence-electron chi connectivity index (χ3n) is 3.92. The molecule has 1 unspecified atom stereocenters. The van der Waals surface area contributed by atoms with Gasteiger partial charge in [-0.05, 0) is 40.1 Å². The molecule has 0 bridgehead atoms. The van der Waals surface area contributed by atoms with Gasteiger partial charge in [0.25, 0.3) is 0 Å². The maximum atomic E-state index is 6.15. The van der Waals surface area contributed by atoms with Gasteiger partial charge in [0.15, 0.2) is 0 Å². The smallest absolute Gasteiger partial charge is 0.233 e. The van der Waals surface area contributed by atoms with E-state index < -0.39 is 5.79 Å². The molecule has 0 amide bonds. The van der Waals surface area contributed by atoms with Crippen molar-refractivity contribution >= 4 is 22.6 Å². The van der Waals surface area contributed by atoms with Gasteiger partial charge in [0.05, 0.1) is 19.5 Å². The van der Waals surface area contributed by atoms with Gasteiger partial charge in [0.1, 0.15) is 6.61 Å². The molecule has 0 spiro atoms. The van der Waals surface area contributed by atoms with E-state index in [1.54, 1.807) is 6.26 Å². The Kier molecular flexibility index (Phi) is 6.29. The van der Waals surface area contributed by atoms with Crippen molar-refractivity contribution in [2.24, 2.45) is 0 Å². The van der Waals surface area contributed by atoms with Crippen molar-refractivity contribution in [3.8, 4) is 0 Å². The fourth-order valence-corrected chi connectivity index (χ4v) is 2.94. The number of benzene rings is 2. The summed E-state index contributed by atoms with van der Waals surface area (Å²) in [6, 6.07) is 20.3. The van der Waals surface area contributed by atoms with E-state index in [1.807, 2.05) is 36.4 Å². The predicted octanol–water partition coefficient (Wildman–Crippen LogP) is 5.20. The van der Waals surface area contributed by atoms with E-state index in [9.17, 15) is 0 Å². The molecule has 2 aromatic carbocycles. The molecule has 3 rings (SSSR count). The Morgan fingerprint density at radius 3 is 2.12 bits per heavy atom. The number of halogens is 1. The Morgan fingerprint density at radius 2 is 1.54 bits per heavy atom. The summed E-state index contributed by atoms with van der Waals surface area (Å²) in [7, 11) is 0. The monoisotopic (exact) mass is 436 g/mol. The van der Waals surface area contributed by atoms with E-state index in [1.165, 1.54) is 3.58 Å². The highest BCUT2D eigenvalue weighted by molar-refractivity contribution is 14.1. The van der Waals surface area contributed by atoms with Crippen LogP contribution in [0.2, 0.25) is 0 Å². The van der Waals surface area contributed by atoms with Gasteiger partial charge in [-0.3, -0.25) is 0 Å². The third-order valence-corrected chi connectivity index (χ3v) is 4.72. The summed E-state index contributed by atoms with van der Waals surface area (Å²) < 4.78 is 19.2. The Hall–Kier alpha value is -1.37. The molecule has 0 radical (unpaired) electrons. The van der Waals surface area contributed by atoms with E-state index in [4.69, 9.17) is 14.2 Å². The van der Waals surface area contributed by atoms with E-state index in [0.29, 0.717) is 19.8 Å². The average molecular weight is 436 g/mol. The second-order valence-corrected chi connectivity index (χ2v) is 7.23. The van der Waals surface area contributed by atoms with Gasteiger partial charge in [0, 0.05) is 10.0 Å². The van der Waals surface area contributed by atoms with Crippen LogP contribution < -0.4 is 0 Å². The first-order chi connectivity index (χ1) is 11.8. The maximum Gasteiger partial charge on any atom is 0.233 e. The van der Waals surface area contributed by atoms with Gasteiger partial charge in [0.2, 0.25) is 5.79 Å². The Bertz CT molecular complexity index is 657.